The molecule has 0 unspecified atom stereocenters. The number of carbonyl (C=O) groups is 1. The summed E-state index contributed by atoms with van der Waals surface area (Å²) in [5, 5.41) is 0. The molecule has 4 nitrogen and oxygen atoms in total. The lowest BCUT2D eigenvalue weighted by Gasteiger charge is -2.33. The van der Waals surface area contributed by atoms with Crippen LogP contribution in [0.15, 0.2) is 18.2 Å². The molecule has 3 rings (SSSR count). The molecule has 1 aromatic rings. The van der Waals surface area contributed by atoms with Crippen molar-refractivity contribution >= 4 is 11.6 Å². The highest BCUT2D eigenvalue weighted by Gasteiger charge is 2.26. The minimum Gasteiger partial charge on any atom is -0.482 e. The fourth-order valence-electron chi connectivity index (χ4n) is 2.84. The molecule has 2 aliphatic heterocycles. The van der Waals surface area contributed by atoms with E-state index in [-0.39, 0.29) is 18.3 Å². The normalized spacial score (nSPS) is 19.6. The van der Waals surface area contributed by atoms with Crippen LogP contribution in [0.25, 0.3) is 0 Å². The maximum absolute atomic E-state index is 13.4. The van der Waals surface area contributed by atoms with E-state index in [0.29, 0.717) is 18.0 Å². The second-order valence-corrected chi connectivity index (χ2v) is 5.35. The van der Waals surface area contributed by atoms with E-state index in [4.69, 9.17) is 4.74 Å². The number of hydrogen-bond donors (Lipinski definition) is 0. The standard InChI is InChI=1S/C15H19FN2O2/c16-12-4-5-14-13(10-12)18(15(19)11-20-14)9-8-17-6-2-1-3-7-17/h4-5,10H,1-3,6-9,11H2. The highest BCUT2D eigenvalue weighted by atomic mass is 19.1. The smallest absolute Gasteiger partial charge is 0.265 e. The number of rotatable bonds is 3. The van der Waals surface area contributed by atoms with Gasteiger partial charge in [0.05, 0.1) is 5.69 Å². The number of hydrogen-bond acceptors (Lipinski definition) is 3. The first-order valence-electron chi connectivity index (χ1n) is 7.19. The van der Waals surface area contributed by atoms with Gasteiger partial charge >= 0.3 is 0 Å². The Kier molecular flexibility index (Phi) is 3.87. The van der Waals surface area contributed by atoms with Crippen molar-refractivity contribution in [2.45, 2.75) is 19.3 Å². The van der Waals surface area contributed by atoms with Crippen LogP contribution in [0.5, 0.6) is 5.75 Å². The third kappa shape index (κ3) is 2.77. The topological polar surface area (TPSA) is 32.8 Å². The summed E-state index contributed by atoms with van der Waals surface area (Å²) in [6, 6.07) is 4.32. The molecular weight excluding hydrogens is 259 g/mol. The number of carbonyl (C=O) groups excluding carboxylic acids is 1. The van der Waals surface area contributed by atoms with Gasteiger partial charge in [0.25, 0.3) is 5.91 Å². The first-order chi connectivity index (χ1) is 9.74. The molecule has 1 aromatic carbocycles. The van der Waals surface area contributed by atoms with Crippen molar-refractivity contribution in [2.24, 2.45) is 0 Å². The molecule has 2 heterocycles. The molecule has 5 heteroatoms. The molecule has 0 atom stereocenters. The van der Waals surface area contributed by atoms with Crippen LogP contribution in [0.1, 0.15) is 19.3 Å². The zero-order chi connectivity index (χ0) is 13.9. The van der Waals surface area contributed by atoms with E-state index in [2.05, 4.69) is 4.90 Å². The molecule has 0 aromatic heterocycles. The average Bonchev–Trinajstić information content (AvgIpc) is 2.47. The molecule has 0 bridgehead atoms. The van der Waals surface area contributed by atoms with Gasteiger partial charge in [0.2, 0.25) is 0 Å². The minimum atomic E-state index is -0.343. The van der Waals surface area contributed by atoms with E-state index >= 15 is 0 Å². The SMILES string of the molecule is O=C1COc2ccc(F)cc2N1CCN1CCCCC1. The molecule has 2 aliphatic rings. The van der Waals surface area contributed by atoms with Crippen LogP contribution in [0, 0.1) is 5.82 Å². The molecule has 20 heavy (non-hydrogen) atoms. The third-order valence-corrected chi connectivity index (χ3v) is 3.95. The van der Waals surface area contributed by atoms with Crippen molar-refractivity contribution in [2.75, 3.05) is 37.7 Å². The molecular formula is C15H19FN2O2. The van der Waals surface area contributed by atoms with Crippen molar-refractivity contribution in [3.05, 3.63) is 24.0 Å². The van der Waals surface area contributed by atoms with E-state index in [0.717, 1.165) is 19.6 Å². The number of benzene rings is 1. The number of anilines is 1. The molecule has 108 valence electrons. The van der Waals surface area contributed by atoms with E-state index in [1.807, 2.05) is 0 Å². The molecule has 1 fully saturated rings. The highest BCUT2D eigenvalue weighted by Crippen LogP contribution is 2.32. The van der Waals surface area contributed by atoms with Crippen LogP contribution < -0.4 is 9.64 Å². The number of likely N-dealkylation sites (tertiary alicyclic amines) is 1. The minimum absolute atomic E-state index is 0.0403. The second kappa shape index (κ2) is 5.79. The Balaban J connectivity index is 1.71. The van der Waals surface area contributed by atoms with E-state index in [9.17, 15) is 9.18 Å². The lowest BCUT2D eigenvalue weighted by atomic mass is 10.1. The predicted molar refractivity (Wildman–Crippen MR) is 74.5 cm³/mol. The van der Waals surface area contributed by atoms with Gasteiger partial charge in [-0.1, -0.05) is 6.42 Å². The summed E-state index contributed by atoms with van der Waals surface area (Å²) in [6.45, 7) is 3.65. The Bertz CT molecular complexity index is 501. The maximum atomic E-state index is 13.4. The molecule has 1 saturated heterocycles. The number of fused-ring (bicyclic) bond motifs is 1. The van der Waals surface area contributed by atoms with E-state index in [1.165, 1.54) is 31.4 Å². The fraction of sp³-hybridized carbons (Fsp3) is 0.533. The van der Waals surface area contributed by atoms with Gasteiger partial charge in [0.15, 0.2) is 6.61 Å². The predicted octanol–water partition coefficient (Wildman–Crippen LogP) is 2.04. The summed E-state index contributed by atoms with van der Waals surface area (Å²) in [4.78, 5) is 16.0. The number of nitrogens with zero attached hydrogens (tertiary/aromatic N) is 2. The largest absolute Gasteiger partial charge is 0.482 e. The van der Waals surface area contributed by atoms with Gasteiger partial charge in [0.1, 0.15) is 11.6 Å². The lowest BCUT2D eigenvalue weighted by molar-refractivity contribution is -0.121. The van der Waals surface area contributed by atoms with Crippen molar-refractivity contribution in [3.63, 3.8) is 0 Å². The van der Waals surface area contributed by atoms with Gasteiger partial charge in [-0.2, -0.15) is 0 Å². The Hall–Kier alpha value is -1.62. The van der Waals surface area contributed by atoms with Crippen molar-refractivity contribution in [3.8, 4) is 5.75 Å². The van der Waals surface area contributed by atoms with E-state index in [1.54, 1.807) is 11.0 Å². The second-order valence-electron chi connectivity index (χ2n) is 5.35. The van der Waals surface area contributed by atoms with Crippen molar-refractivity contribution in [1.29, 1.82) is 0 Å². The van der Waals surface area contributed by atoms with Gasteiger partial charge in [-0.15, -0.1) is 0 Å². The van der Waals surface area contributed by atoms with Gasteiger partial charge in [-0.05, 0) is 38.1 Å². The number of halogens is 1. The summed E-state index contributed by atoms with van der Waals surface area (Å²) in [6.07, 6.45) is 3.74. The highest BCUT2D eigenvalue weighted by molar-refractivity contribution is 5.97. The van der Waals surface area contributed by atoms with Gasteiger partial charge in [0, 0.05) is 19.2 Å². The summed E-state index contributed by atoms with van der Waals surface area (Å²) in [7, 11) is 0. The van der Waals surface area contributed by atoms with Crippen LogP contribution in [0.2, 0.25) is 0 Å². The maximum Gasteiger partial charge on any atom is 0.265 e. The van der Waals surface area contributed by atoms with Crippen molar-refractivity contribution in [1.82, 2.24) is 4.90 Å². The van der Waals surface area contributed by atoms with Crippen LogP contribution in [-0.4, -0.2) is 43.6 Å². The zero-order valence-electron chi connectivity index (χ0n) is 11.5. The lowest BCUT2D eigenvalue weighted by Crippen LogP contribution is -2.44. The van der Waals surface area contributed by atoms with Gasteiger partial charge in [-0.3, -0.25) is 4.79 Å². The average molecular weight is 278 g/mol. The number of ether oxygens (including phenoxy) is 1. The molecule has 0 N–H and O–H groups in total. The van der Waals surface area contributed by atoms with Crippen LogP contribution in [-0.2, 0) is 4.79 Å². The molecule has 0 radical (unpaired) electrons. The number of amides is 1. The van der Waals surface area contributed by atoms with Crippen LogP contribution in [0.4, 0.5) is 10.1 Å². The molecule has 0 spiro atoms. The van der Waals surface area contributed by atoms with Crippen LogP contribution >= 0.6 is 0 Å². The Morgan fingerprint density at radius 3 is 2.75 bits per heavy atom. The summed E-state index contributed by atoms with van der Waals surface area (Å²) < 4.78 is 18.7. The summed E-state index contributed by atoms with van der Waals surface area (Å²) in [5.74, 6) is 0.148. The van der Waals surface area contributed by atoms with Crippen LogP contribution in [0.3, 0.4) is 0 Å². The Morgan fingerprint density at radius 2 is 1.95 bits per heavy atom. The number of piperidine rings is 1. The Morgan fingerprint density at radius 1 is 1.15 bits per heavy atom. The first-order valence-corrected chi connectivity index (χ1v) is 7.19. The van der Waals surface area contributed by atoms with Gasteiger partial charge in [-0.25, -0.2) is 4.39 Å². The summed E-state index contributed by atoms with van der Waals surface area (Å²) >= 11 is 0. The zero-order valence-corrected chi connectivity index (χ0v) is 11.5. The first kappa shape index (κ1) is 13.4. The third-order valence-electron chi connectivity index (χ3n) is 3.95. The quantitative estimate of drug-likeness (QED) is 0.848. The van der Waals surface area contributed by atoms with Crippen molar-refractivity contribution < 1.29 is 13.9 Å². The summed E-state index contributed by atoms with van der Waals surface area (Å²) in [5.41, 5.74) is 0.554. The fourth-order valence-corrected chi connectivity index (χ4v) is 2.84. The van der Waals surface area contributed by atoms with Gasteiger partial charge < -0.3 is 14.5 Å². The van der Waals surface area contributed by atoms with E-state index < -0.39 is 0 Å². The molecule has 0 saturated carbocycles. The molecule has 1 amide bonds. The molecule has 0 aliphatic carbocycles. The monoisotopic (exact) mass is 278 g/mol. The Labute approximate surface area is 118 Å².